The number of hydrogen-bond acceptors (Lipinski definition) is 11. The first kappa shape index (κ1) is 33.5. The van der Waals surface area contributed by atoms with Crippen LogP contribution in [0.4, 0.5) is 0 Å². The molecule has 0 aromatic carbocycles. The van der Waals surface area contributed by atoms with Gasteiger partial charge in [-0.3, -0.25) is 0 Å². The van der Waals surface area contributed by atoms with E-state index >= 15 is 0 Å². The Balaban J connectivity index is -0.0000000533. The fourth-order valence-electron chi connectivity index (χ4n) is 0.102. The topological polar surface area (TPSA) is 204 Å². The summed E-state index contributed by atoms with van der Waals surface area (Å²) in [4.78, 5) is 0. The minimum Gasteiger partial charge on any atom is 2.00 e. The molecule has 0 bridgehead atoms. The second-order valence-electron chi connectivity index (χ2n) is 1.29. The van der Waals surface area contributed by atoms with Crippen molar-refractivity contribution in [3.8, 4) is 0 Å². The standard InChI is InChI=1S/3Cr.2K.11O.Sr/q;;;2*+1;;;;;;;;4*-1;+2. The summed E-state index contributed by atoms with van der Waals surface area (Å²) < 4.78 is 93.3. The maximum Gasteiger partial charge on any atom is 2.00 e. The van der Waals surface area contributed by atoms with Crippen LogP contribution >= 0.6 is 0 Å². The zero-order valence-corrected chi connectivity index (χ0v) is 22.0. The van der Waals surface area contributed by atoms with Crippen LogP contribution in [0.15, 0.2) is 0 Å². The summed E-state index contributed by atoms with van der Waals surface area (Å²) in [6.07, 6.45) is 0. The Bertz CT molecular complexity index is 417. The molecule has 17 heavy (non-hydrogen) atoms. The van der Waals surface area contributed by atoms with Crippen molar-refractivity contribution < 1.29 is 186 Å². The van der Waals surface area contributed by atoms with Crippen molar-refractivity contribution in [3.05, 3.63) is 0 Å². The van der Waals surface area contributed by atoms with E-state index < -0.39 is 40.8 Å². The molecule has 88 valence electrons. The van der Waals surface area contributed by atoms with Crippen molar-refractivity contribution in [2.24, 2.45) is 0 Å². The molecule has 0 saturated carbocycles. The molecule has 0 spiro atoms. The Kier molecular flexibility index (Phi) is 28.7. The predicted molar refractivity (Wildman–Crippen MR) is 11.0 cm³/mol. The molecule has 0 saturated heterocycles. The van der Waals surface area contributed by atoms with Gasteiger partial charge in [-0.15, -0.1) is 0 Å². The molecular weight excluding hydrogens is 498 g/mol. The third-order valence-electron chi connectivity index (χ3n) is 0.167. The van der Waals surface area contributed by atoms with Gasteiger partial charge in [0, 0.05) is 0 Å². The molecule has 0 heterocycles. The molecule has 0 N–H and O–H groups in total. The van der Waals surface area contributed by atoms with Crippen LogP contribution in [0.25, 0.3) is 0 Å². The van der Waals surface area contributed by atoms with Gasteiger partial charge in [0.05, 0.1) is 0 Å². The molecule has 0 atom stereocenters. The van der Waals surface area contributed by atoms with Crippen LogP contribution in [-0.4, -0.2) is 45.5 Å². The maximum absolute atomic E-state index is 9.38. The van der Waals surface area contributed by atoms with Gasteiger partial charge >= 0.3 is 231 Å². The fraction of sp³-hybridized carbons (Fsp3) is 0. The Labute approximate surface area is 224 Å². The normalized spacial score (nSPS) is 10.6. The molecular formula is Cr3K2O11Sr. The zero-order chi connectivity index (χ0) is 12.2. The summed E-state index contributed by atoms with van der Waals surface area (Å²) in [7, 11) is 0. The molecule has 0 aliphatic rings. The van der Waals surface area contributed by atoms with Crippen LogP contribution in [0.3, 0.4) is 0 Å². The second-order valence-corrected chi connectivity index (χ2v) is 6.21. The fourth-order valence-corrected chi connectivity index (χ4v) is 1.74. The van der Waals surface area contributed by atoms with E-state index in [2.05, 4.69) is 2.84 Å². The largest absolute Gasteiger partial charge is 2.00 e. The monoisotopic (exact) mass is 498 g/mol. The summed E-state index contributed by atoms with van der Waals surface area (Å²) in [5.41, 5.74) is 0. The van der Waals surface area contributed by atoms with Crippen molar-refractivity contribution in [2.45, 2.75) is 0 Å². The van der Waals surface area contributed by atoms with Crippen molar-refractivity contribution in [1.29, 1.82) is 0 Å². The van der Waals surface area contributed by atoms with Crippen LogP contribution < -0.4 is 119 Å². The quantitative estimate of drug-likeness (QED) is 0.327. The predicted octanol–water partition coefficient (Wildman–Crippen LogP) is -11.9. The first-order chi connectivity index (χ1) is 5.71. The van der Waals surface area contributed by atoms with Crippen LogP contribution in [0.5, 0.6) is 0 Å². The van der Waals surface area contributed by atoms with E-state index in [1.54, 1.807) is 0 Å². The SMILES string of the molecule is [K+].[K+].[O]=[Cr](=[O])([O-])[O-].[O]=[Cr](=[O])([O-])[O][Cr](=[O])(=[O])[O-].[Sr+2]. The van der Waals surface area contributed by atoms with E-state index in [4.69, 9.17) is 15.9 Å². The third-order valence-corrected chi connectivity index (χ3v) is 2.83. The molecule has 0 aliphatic carbocycles. The van der Waals surface area contributed by atoms with Crippen molar-refractivity contribution in [1.82, 2.24) is 0 Å². The summed E-state index contributed by atoms with van der Waals surface area (Å²) in [5, 5.41) is 0. The summed E-state index contributed by atoms with van der Waals surface area (Å²) in [5.74, 6) is 0. The summed E-state index contributed by atoms with van der Waals surface area (Å²) >= 11 is -17.9. The Hall–Kier alpha value is 4.95. The van der Waals surface area contributed by atoms with Gasteiger partial charge in [-0.05, 0) is 0 Å². The van der Waals surface area contributed by atoms with Crippen LogP contribution in [0.2, 0.25) is 0 Å². The van der Waals surface area contributed by atoms with Gasteiger partial charge in [0.15, 0.2) is 0 Å². The maximum atomic E-state index is 9.38. The summed E-state index contributed by atoms with van der Waals surface area (Å²) in [6, 6.07) is 0. The minimum absolute atomic E-state index is 0. The van der Waals surface area contributed by atoms with E-state index in [1.165, 1.54) is 0 Å². The third kappa shape index (κ3) is 62.7. The van der Waals surface area contributed by atoms with Crippen molar-refractivity contribution >= 4 is 45.5 Å². The van der Waals surface area contributed by atoms with Gasteiger partial charge in [0.1, 0.15) is 0 Å². The van der Waals surface area contributed by atoms with E-state index in [9.17, 15) is 23.5 Å². The molecule has 11 nitrogen and oxygen atoms in total. The van der Waals surface area contributed by atoms with E-state index in [-0.39, 0.29) is 148 Å². The summed E-state index contributed by atoms with van der Waals surface area (Å²) in [6.45, 7) is 0. The second kappa shape index (κ2) is 14.5. The molecule has 0 aliphatic heterocycles. The van der Waals surface area contributed by atoms with E-state index in [0.29, 0.717) is 0 Å². The van der Waals surface area contributed by atoms with Gasteiger partial charge in [-0.1, -0.05) is 0 Å². The van der Waals surface area contributed by atoms with Gasteiger partial charge in [-0.2, -0.15) is 0 Å². The average Bonchev–Trinajstić information content (AvgIpc) is 1.42. The van der Waals surface area contributed by atoms with Crippen LogP contribution in [-0.2, 0) is 66.5 Å². The molecule has 0 fully saturated rings. The molecule has 0 amide bonds. The molecule has 0 unspecified atom stereocenters. The van der Waals surface area contributed by atoms with Crippen molar-refractivity contribution in [2.75, 3.05) is 0 Å². The minimum atomic E-state index is -6.07. The van der Waals surface area contributed by atoms with Crippen LogP contribution in [0, 0.1) is 0 Å². The molecule has 0 radical (unpaired) electrons. The van der Waals surface area contributed by atoms with Gasteiger partial charge in [-0.25, -0.2) is 0 Å². The Morgan fingerprint density at radius 3 is 0.765 bits per heavy atom. The number of rotatable bonds is 2. The first-order valence-corrected chi connectivity index (χ1v) is 8.25. The molecule has 0 rings (SSSR count). The number of hydrogen-bond donors (Lipinski definition) is 0. The van der Waals surface area contributed by atoms with Gasteiger partial charge in [0.2, 0.25) is 0 Å². The van der Waals surface area contributed by atoms with Crippen molar-refractivity contribution in [3.63, 3.8) is 0 Å². The van der Waals surface area contributed by atoms with E-state index in [0.717, 1.165) is 0 Å². The first-order valence-electron chi connectivity index (χ1n) is 2.00. The Morgan fingerprint density at radius 1 is 0.647 bits per heavy atom. The smallest absolute Gasteiger partial charge is 2.00 e. The molecule has 0 aromatic heterocycles. The van der Waals surface area contributed by atoms with Gasteiger partial charge < -0.3 is 0 Å². The zero-order valence-electron chi connectivity index (χ0n) is 8.42. The van der Waals surface area contributed by atoms with E-state index in [1.807, 2.05) is 0 Å². The Morgan fingerprint density at radius 2 is 0.765 bits per heavy atom. The average molecular weight is 498 g/mol. The molecule has 17 heteroatoms. The van der Waals surface area contributed by atoms with Crippen LogP contribution in [0.1, 0.15) is 0 Å². The van der Waals surface area contributed by atoms with Gasteiger partial charge in [0.25, 0.3) is 0 Å². The molecule has 0 aromatic rings.